The van der Waals surface area contributed by atoms with E-state index < -0.39 is 5.92 Å². The fourth-order valence-electron chi connectivity index (χ4n) is 3.55. The van der Waals surface area contributed by atoms with Crippen LogP contribution < -0.4 is 16.0 Å². The van der Waals surface area contributed by atoms with Crippen molar-refractivity contribution >= 4 is 71.0 Å². The smallest absolute Gasteiger partial charge is 0.256 e. The number of aromatic nitrogens is 2. The topological polar surface area (TPSA) is 105 Å². The van der Waals surface area contributed by atoms with E-state index in [2.05, 4.69) is 31.4 Å². The second-order valence-electron chi connectivity index (χ2n) is 6.33. The number of nitriles is 1. The Labute approximate surface area is 185 Å². The summed E-state index contributed by atoms with van der Waals surface area (Å²) in [6, 6.07) is 9.62. The van der Waals surface area contributed by atoms with Gasteiger partial charge in [-0.15, -0.1) is 23.1 Å². The largest absolute Gasteiger partial charge is 0.438 e. The fourth-order valence-corrected chi connectivity index (χ4v) is 6.56. The molecule has 5 rings (SSSR count). The molecule has 10 heteroatoms. The van der Waals surface area contributed by atoms with Gasteiger partial charge in [-0.2, -0.15) is 9.64 Å². The molecule has 4 aromatic rings. The maximum absolute atomic E-state index is 13.2. The van der Waals surface area contributed by atoms with Gasteiger partial charge in [0.25, 0.3) is 5.56 Å². The summed E-state index contributed by atoms with van der Waals surface area (Å²) in [6.45, 7) is 0. The highest BCUT2D eigenvalue weighted by molar-refractivity contribution is 9.10. The Balaban J connectivity index is 1.86. The maximum Gasteiger partial charge on any atom is 0.256 e. The second-order valence-corrected chi connectivity index (χ2v) is 10.1. The van der Waals surface area contributed by atoms with E-state index >= 15 is 0 Å². The van der Waals surface area contributed by atoms with Crippen LogP contribution >= 0.6 is 50.6 Å². The molecule has 3 N–H and O–H groups in total. The number of thioether (sulfide) groups is 1. The fraction of sp³-hybridized carbons (Fsp3) is 0.105. The van der Waals surface area contributed by atoms with Gasteiger partial charge in [-0.3, -0.25) is 4.79 Å². The van der Waals surface area contributed by atoms with Crippen molar-refractivity contribution in [2.24, 2.45) is 5.73 Å². The summed E-state index contributed by atoms with van der Waals surface area (Å²) in [7, 11) is 0. The molecule has 1 aliphatic rings. The van der Waals surface area contributed by atoms with Gasteiger partial charge in [0.1, 0.15) is 16.5 Å². The quantitative estimate of drug-likeness (QED) is 0.377. The van der Waals surface area contributed by atoms with Crippen LogP contribution in [0.2, 0.25) is 0 Å². The lowest BCUT2D eigenvalue weighted by molar-refractivity contribution is 0.397. The number of ether oxygens (including phenoxy) is 1. The summed E-state index contributed by atoms with van der Waals surface area (Å²) in [5.74, 6) is -0.167. The Morgan fingerprint density at radius 3 is 2.83 bits per heavy atom. The number of halogens is 1. The van der Waals surface area contributed by atoms with Crippen molar-refractivity contribution in [3.63, 3.8) is 0 Å². The Kier molecular flexibility index (Phi) is 4.43. The van der Waals surface area contributed by atoms with Crippen LogP contribution in [0.1, 0.15) is 17.0 Å². The predicted octanol–water partition coefficient (Wildman–Crippen LogP) is 4.90. The normalized spacial score (nSPS) is 16.1. The van der Waals surface area contributed by atoms with E-state index in [9.17, 15) is 10.1 Å². The minimum Gasteiger partial charge on any atom is -0.438 e. The van der Waals surface area contributed by atoms with Gasteiger partial charge in [-0.1, -0.05) is 28.1 Å². The van der Waals surface area contributed by atoms with Gasteiger partial charge in [0, 0.05) is 4.47 Å². The Morgan fingerprint density at radius 2 is 2.14 bits per heavy atom. The van der Waals surface area contributed by atoms with Crippen molar-refractivity contribution in [2.75, 3.05) is 6.26 Å². The zero-order chi connectivity index (χ0) is 20.3. The zero-order valence-corrected chi connectivity index (χ0v) is 18.8. The summed E-state index contributed by atoms with van der Waals surface area (Å²) < 4.78 is 13.1. The van der Waals surface area contributed by atoms with Crippen LogP contribution in [0.15, 0.2) is 49.2 Å². The molecule has 29 heavy (non-hydrogen) atoms. The van der Waals surface area contributed by atoms with Crippen LogP contribution in [-0.2, 0) is 0 Å². The molecule has 1 aliphatic heterocycles. The first-order valence-electron chi connectivity index (χ1n) is 8.38. The minimum atomic E-state index is -0.600. The lowest BCUT2D eigenvalue weighted by atomic mass is 9.84. The summed E-state index contributed by atoms with van der Waals surface area (Å²) in [4.78, 5) is 17.1. The molecule has 0 amide bonds. The number of hydrogen-bond acceptors (Lipinski definition) is 8. The first kappa shape index (κ1) is 18.7. The summed E-state index contributed by atoms with van der Waals surface area (Å²) in [6.07, 6.45) is 1.98. The number of aromatic amines is 1. The summed E-state index contributed by atoms with van der Waals surface area (Å²) in [5.41, 5.74) is 7.95. The SMILES string of the molecule is CSc1snc2sc3c4c(c(=O)[nH]c3c12)C(c1ccc(Br)cc1)C(C#N)=C(N)O4. The number of pyridine rings is 1. The van der Waals surface area contributed by atoms with Crippen LogP contribution in [0.5, 0.6) is 5.75 Å². The van der Waals surface area contributed by atoms with Crippen molar-refractivity contribution in [2.45, 2.75) is 10.1 Å². The number of nitrogens with zero attached hydrogens (tertiary/aromatic N) is 2. The van der Waals surface area contributed by atoms with Gasteiger partial charge < -0.3 is 15.5 Å². The predicted molar refractivity (Wildman–Crippen MR) is 121 cm³/mol. The van der Waals surface area contributed by atoms with E-state index in [0.29, 0.717) is 16.8 Å². The highest BCUT2D eigenvalue weighted by Crippen LogP contribution is 2.48. The highest BCUT2D eigenvalue weighted by atomic mass is 79.9. The van der Waals surface area contributed by atoms with E-state index in [-0.39, 0.29) is 17.0 Å². The van der Waals surface area contributed by atoms with E-state index in [0.717, 1.165) is 29.2 Å². The molecule has 0 saturated carbocycles. The molecule has 144 valence electrons. The van der Waals surface area contributed by atoms with Crippen LogP contribution in [0.3, 0.4) is 0 Å². The van der Waals surface area contributed by atoms with Crippen molar-refractivity contribution in [3.05, 3.63) is 61.7 Å². The standard InChI is InChI=1S/C19H11BrN4O2S3/c1-27-19-12-13-15(28-18(12)24-29-19)14-11(17(25)23-13)10(9(6-21)16(22)26-14)7-2-4-8(20)5-3-7/h2-5,10H,22H2,1H3,(H,23,25). The lowest BCUT2D eigenvalue weighted by Crippen LogP contribution is -2.27. The third-order valence-electron chi connectivity index (χ3n) is 4.80. The molecule has 0 saturated heterocycles. The second kappa shape index (κ2) is 6.88. The van der Waals surface area contributed by atoms with E-state index in [1.807, 2.05) is 30.5 Å². The molecule has 0 radical (unpaired) electrons. The van der Waals surface area contributed by atoms with Crippen LogP contribution in [0.4, 0.5) is 0 Å². The van der Waals surface area contributed by atoms with E-state index in [1.165, 1.54) is 22.9 Å². The highest BCUT2D eigenvalue weighted by Gasteiger charge is 2.35. The number of hydrogen-bond donors (Lipinski definition) is 2. The molecule has 1 atom stereocenters. The van der Waals surface area contributed by atoms with Gasteiger partial charge >= 0.3 is 0 Å². The molecule has 3 aromatic heterocycles. The first-order chi connectivity index (χ1) is 14.0. The number of nitrogens with two attached hydrogens (primary N) is 1. The monoisotopic (exact) mass is 502 g/mol. The lowest BCUT2D eigenvalue weighted by Gasteiger charge is -2.25. The van der Waals surface area contributed by atoms with Crippen LogP contribution in [-0.4, -0.2) is 15.6 Å². The number of fused-ring (bicyclic) bond motifs is 5. The average Bonchev–Trinajstić information content (AvgIpc) is 3.27. The van der Waals surface area contributed by atoms with Gasteiger partial charge in [-0.05, 0) is 35.5 Å². The maximum atomic E-state index is 13.2. The van der Waals surface area contributed by atoms with Crippen molar-refractivity contribution < 1.29 is 4.74 Å². The van der Waals surface area contributed by atoms with Crippen molar-refractivity contribution in [1.29, 1.82) is 5.26 Å². The number of benzene rings is 1. The molecule has 0 aliphatic carbocycles. The summed E-state index contributed by atoms with van der Waals surface area (Å²) in [5, 5.41) is 10.7. The molecule has 6 nitrogen and oxygen atoms in total. The molecule has 1 unspecified atom stereocenters. The van der Waals surface area contributed by atoms with Gasteiger partial charge in [0.15, 0.2) is 5.75 Å². The first-order valence-corrected chi connectivity index (χ1v) is 12.0. The molecule has 4 heterocycles. The Hall–Kier alpha value is -2.32. The summed E-state index contributed by atoms with van der Waals surface area (Å²) >= 11 is 7.87. The third kappa shape index (κ3) is 2.73. The molecule has 0 spiro atoms. The number of allylic oxidation sites excluding steroid dienone is 1. The molecular weight excluding hydrogens is 492 g/mol. The molecule has 0 bridgehead atoms. The van der Waals surface area contributed by atoms with E-state index in [1.54, 1.807) is 11.8 Å². The minimum absolute atomic E-state index is 0.0220. The number of thiophene rings is 1. The van der Waals surface area contributed by atoms with Gasteiger partial charge in [0.2, 0.25) is 5.88 Å². The third-order valence-corrected chi connectivity index (χ3v) is 8.47. The van der Waals surface area contributed by atoms with E-state index in [4.69, 9.17) is 10.5 Å². The van der Waals surface area contributed by atoms with Crippen LogP contribution in [0, 0.1) is 11.3 Å². The molecular formula is C19H11BrN4O2S3. The molecule has 0 fully saturated rings. The molecule has 1 aromatic carbocycles. The Morgan fingerprint density at radius 1 is 1.38 bits per heavy atom. The number of H-pyrrole nitrogens is 1. The Bertz CT molecular complexity index is 1430. The van der Waals surface area contributed by atoms with Crippen LogP contribution in [0.25, 0.3) is 20.4 Å². The zero-order valence-electron chi connectivity index (χ0n) is 14.8. The number of nitrogens with one attached hydrogen (secondary N) is 1. The number of rotatable bonds is 2. The van der Waals surface area contributed by atoms with Gasteiger partial charge in [0.05, 0.1) is 31.3 Å². The van der Waals surface area contributed by atoms with Crippen molar-refractivity contribution in [3.8, 4) is 11.8 Å². The van der Waals surface area contributed by atoms with Gasteiger partial charge in [-0.25, -0.2) is 0 Å². The average molecular weight is 503 g/mol. The van der Waals surface area contributed by atoms with Crippen molar-refractivity contribution in [1.82, 2.24) is 9.36 Å².